The van der Waals surface area contributed by atoms with Gasteiger partial charge >= 0.3 is 6.03 Å². The second-order valence-corrected chi connectivity index (χ2v) is 8.14. The number of nitrogens with one attached hydrogen (secondary N) is 2. The van der Waals surface area contributed by atoms with Crippen molar-refractivity contribution in [3.05, 3.63) is 74.7 Å². The number of rotatable bonds is 2. The number of carbonyl (C=O) groups excluding carboxylic acids is 1. The van der Waals surface area contributed by atoms with Crippen molar-refractivity contribution in [2.24, 2.45) is 0 Å². The van der Waals surface area contributed by atoms with Crippen LogP contribution in [0.3, 0.4) is 0 Å². The fraction of sp³-hybridized carbons (Fsp3) is 0.238. The van der Waals surface area contributed by atoms with E-state index in [4.69, 9.17) is 11.6 Å². The molecule has 1 saturated heterocycles. The van der Waals surface area contributed by atoms with Crippen LogP contribution in [0.5, 0.6) is 0 Å². The Morgan fingerprint density at radius 3 is 2.78 bits per heavy atom. The number of carbonyl (C=O) groups is 1. The second kappa shape index (κ2) is 7.63. The normalized spacial score (nSPS) is 19.1. The summed E-state index contributed by atoms with van der Waals surface area (Å²) in [5.41, 5.74) is 0.534. The van der Waals surface area contributed by atoms with Crippen LogP contribution in [0, 0.1) is 17.6 Å². The molecule has 11 heteroatoms. The number of pyridine rings is 1. The Hall–Kier alpha value is -3.40. The third-order valence-electron chi connectivity index (χ3n) is 5.82. The molecule has 2 atom stereocenters. The van der Waals surface area contributed by atoms with Gasteiger partial charge in [-0.3, -0.25) is 4.79 Å². The average Bonchev–Trinajstić information content (AvgIpc) is 3.07. The number of aromatic nitrogens is 3. The number of anilines is 1. The highest BCUT2D eigenvalue weighted by Gasteiger charge is 2.44. The summed E-state index contributed by atoms with van der Waals surface area (Å²) in [5, 5.41) is 8.93. The zero-order chi connectivity index (χ0) is 22.6. The highest BCUT2D eigenvalue weighted by molar-refractivity contribution is 6.33. The first kappa shape index (κ1) is 20.5. The van der Waals surface area contributed by atoms with Gasteiger partial charge in [-0.15, -0.1) is 0 Å². The van der Waals surface area contributed by atoms with Crippen molar-refractivity contribution in [3.8, 4) is 11.1 Å². The van der Waals surface area contributed by atoms with Crippen molar-refractivity contribution in [1.82, 2.24) is 20.1 Å². The van der Waals surface area contributed by atoms with Crippen molar-refractivity contribution >= 4 is 23.3 Å². The molecule has 4 heterocycles. The summed E-state index contributed by atoms with van der Waals surface area (Å²) in [6.07, 6.45) is 2.56. The zero-order valence-electron chi connectivity index (χ0n) is 16.3. The quantitative estimate of drug-likeness (QED) is 0.560. The number of hydrogen-bond acceptors (Lipinski definition) is 4. The zero-order valence-corrected chi connectivity index (χ0v) is 17.1. The van der Waals surface area contributed by atoms with Gasteiger partial charge in [0.15, 0.2) is 0 Å². The molecule has 7 nitrogen and oxygen atoms in total. The molecule has 0 saturated carbocycles. The molecule has 0 unspecified atom stereocenters. The Kier molecular flexibility index (Phi) is 4.89. The van der Waals surface area contributed by atoms with Crippen molar-refractivity contribution in [1.29, 1.82) is 0 Å². The number of H-pyrrole nitrogens is 1. The van der Waals surface area contributed by atoms with Crippen molar-refractivity contribution in [3.63, 3.8) is 0 Å². The molecule has 0 radical (unpaired) electrons. The van der Waals surface area contributed by atoms with Gasteiger partial charge in [0.2, 0.25) is 5.95 Å². The van der Waals surface area contributed by atoms with E-state index in [2.05, 4.69) is 20.5 Å². The molecule has 0 spiro atoms. The summed E-state index contributed by atoms with van der Waals surface area (Å²) in [5.74, 6) is -2.67. The molecule has 2 aliphatic rings. The van der Waals surface area contributed by atoms with E-state index in [0.717, 1.165) is 30.2 Å². The minimum absolute atomic E-state index is 0.0841. The Balaban J connectivity index is 1.43. The molecule has 2 N–H and O–H groups in total. The number of amides is 2. The van der Waals surface area contributed by atoms with E-state index < -0.39 is 23.6 Å². The van der Waals surface area contributed by atoms with Gasteiger partial charge in [-0.25, -0.2) is 23.7 Å². The minimum Gasteiger partial charge on any atom is -0.313 e. The van der Waals surface area contributed by atoms with Crippen molar-refractivity contribution in [2.45, 2.75) is 31.3 Å². The van der Waals surface area contributed by atoms with Crippen LogP contribution in [0.25, 0.3) is 11.1 Å². The van der Waals surface area contributed by atoms with Crippen LogP contribution in [0.4, 0.5) is 23.7 Å². The molecule has 1 fully saturated rings. The smallest absolute Gasteiger partial charge is 0.313 e. The molecule has 164 valence electrons. The fourth-order valence-corrected chi connectivity index (χ4v) is 4.72. The van der Waals surface area contributed by atoms with E-state index in [1.54, 1.807) is 4.90 Å². The lowest BCUT2D eigenvalue weighted by atomic mass is 9.99. The van der Waals surface area contributed by atoms with Gasteiger partial charge in [0, 0.05) is 23.2 Å². The van der Waals surface area contributed by atoms with Crippen LogP contribution in [-0.4, -0.2) is 32.2 Å². The average molecular weight is 462 g/mol. The summed E-state index contributed by atoms with van der Waals surface area (Å²) in [6.45, 7) is 0. The SMILES string of the molecule is O=C(Nc1cc(Cl)c(-c2cc(F)cnc2F)cc1F)N1[C@H]2CC[C@@H]1c1n[nH]c(=O)cc1C2. The number of hydrogen-bond donors (Lipinski definition) is 2. The summed E-state index contributed by atoms with van der Waals surface area (Å²) >= 11 is 6.19. The summed E-state index contributed by atoms with van der Waals surface area (Å²) in [4.78, 5) is 29.4. The lowest BCUT2D eigenvalue weighted by Crippen LogP contribution is -2.45. The van der Waals surface area contributed by atoms with Crippen molar-refractivity contribution in [2.75, 3.05) is 5.32 Å². The maximum Gasteiger partial charge on any atom is 0.322 e. The molecule has 1 aromatic carbocycles. The molecule has 2 bridgehead atoms. The molecular formula is C21H15ClF3N5O2. The van der Waals surface area contributed by atoms with Crippen LogP contribution in [-0.2, 0) is 6.42 Å². The standard InChI is InChI=1S/C21H15ClF3N5O2/c22-14-7-16(15(24)6-12(14)13-5-10(23)8-26-20(13)25)27-21(32)30-11-1-2-17(30)19-9(3-11)4-18(31)28-29-19/h4-8,11,17H,1-3H2,(H,27,32)(H,28,31)/t11-,17+/m0/s1. The van der Waals surface area contributed by atoms with Gasteiger partial charge in [-0.2, -0.15) is 9.49 Å². The monoisotopic (exact) mass is 461 g/mol. The predicted octanol–water partition coefficient (Wildman–Crippen LogP) is 4.20. The van der Waals surface area contributed by atoms with Crippen LogP contribution < -0.4 is 10.9 Å². The summed E-state index contributed by atoms with van der Waals surface area (Å²) in [6, 6.07) is 3.38. The minimum atomic E-state index is -1.00. The Bertz CT molecular complexity index is 1320. The highest BCUT2D eigenvalue weighted by atomic mass is 35.5. The summed E-state index contributed by atoms with van der Waals surface area (Å²) in [7, 11) is 0. The Labute approximate surface area is 184 Å². The van der Waals surface area contributed by atoms with Gasteiger partial charge in [-0.05, 0) is 43.0 Å². The fourth-order valence-electron chi connectivity index (χ4n) is 4.46. The Morgan fingerprint density at radius 2 is 1.97 bits per heavy atom. The van der Waals surface area contributed by atoms with E-state index >= 15 is 0 Å². The molecule has 2 aliphatic heterocycles. The maximum absolute atomic E-state index is 14.8. The predicted molar refractivity (Wildman–Crippen MR) is 110 cm³/mol. The molecule has 3 aromatic rings. The van der Waals surface area contributed by atoms with Crippen LogP contribution in [0.1, 0.15) is 30.1 Å². The van der Waals surface area contributed by atoms with Crippen LogP contribution >= 0.6 is 11.6 Å². The first-order valence-corrected chi connectivity index (χ1v) is 10.2. The van der Waals surface area contributed by atoms with Gasteiger partial charge in [0.05, 0.1) is 28.6 Å². The number of urea groups is 1. The van der Waals surface area contributed by atoms with E-state index in [9.17, 15) is 22.8 Å². The number of benzene rings is 1. The number of halogens is 4. The van der Waals surface area contributed by atoms with Crippen LogP contribution in [0.15, 0.2) is 35.3 Å². The van der Waals surface area contributed by atoms with E-state index in [0.29, 0.717) is 24.7 Å². The van der Waals surface area contributed by atoms with Crippen LogP contribution in [0.2, 0.25) is 5.02 Å². The first-order valence-electron chi connectivity index (χ1n) is 9.80. The third-order valence-corrected chi connectivity index (χ3v) is 6.14. The molecule has 5 rings (SSSR count). The molecular weight excluding hydrogens is 447 g/mol. The van der Waals surface area contributed by atoms with Gasteiger partial charge < -0.3 is 10.2 Å². The molecule has 0 aliphatic carbocycles. The van der Waals surface area contributed by atoms with Gasteiger partial charge in [-0.1, -0.05) is 11.6 Å². The van der Waals surface area contributed by atoms with Gasteiger partial charge in [0.25, 0.3) is 5.56 Å². The molecule has 2 aromatic heterocycles. The Morgan fingerprint density at radius 1 is 1.16 bits per heavy atom. The molecule has 32 heavy (non-hydrogen) atoms. The number of nitrogens with zero attached hydrogens (tertiary/aromatic N) is 3. The lowest BCUT2D eigenvalue weighted by molar-refractivity contribution is 0.177. The summed E-state index contributed by atoms with van der Waals surface area (Å²) < 4.78 is 42.3. The van der Waals surface area contributed by atoms with Crippen molar-refractivity contribution < 1.29 is 18.0 Å². The topological polar surface area (TPSA) is 91.0 Å². The van der Waals surface area contributed by atoms with E-state index in [1.165, 1.54) is 6.07 Å². The number of aromatic amines is 1. The second-order valence-electron chi connectivity index (χ2n) is 7.73. The largest absolute Gasteiger partial charge is 0.322 e. The third kappa shape index (κ3) is 3.40. The number of fused-ring (bicyclic) bond motifs is 4. The molecule has 2 amide bonds. The first-order chi connectivity index (χ1) is 15.3. The lowest BCUT2D eigenvalue weighted by Gasteiger charge is -2.35. The van der Waals surface area contributed by atoms with Gasteiger partial charge in [0.1, 0.15) is 11.6 Å². The maximum atomic E-state index is 14.8. The van der Waals surface area contributed by atoms with E-state index in [-0.39, 0.29) is 39.5 Å². The van der Waals surface area contributed by atoms with E-state index in [1.807, 2.05) is 0 Å². The highest BCUT2D eigenvalue weighted by Crippen LogP contribution is 2.42.